The van der Waals surface area contributed by atoms with E-state index in [1.165, 1.54) is 46.2 Å². The van der Waals surface area contributed by atoms with Gasteiger partial charge in [-0.25, -0.2) is 0 Å². The lowest BCUT2D eigenvalue weighted by atomic mass is 9.86. The smallest absolute Gasteiger partial charge is 0.0153 e. The highest BCUT2D eigenvalue weighted by Gasteiger charge is 2.30. The summed E-state index contributed by atoms with van der Waals surface area (Å²) in [6.07, 6.45) is 4.94. The number of allylic oxidation sites excluding steroid dienone is 4. The first-order valence-electron chi connectivity index (χ1n) is 8.62. The Bertz CT molecular complexity index is 753. The van der Waals surface area contributed by atoms with Gasteiger partial charge in [0.1, 0.15) is 0 Å². The number of hydrogen-bond acceptors (Lipinski definition) is 0. The molecule has 0 N–H and O–H groups in total. The number of rotatable bonds is 4. The molecule has 0 aromatic heterocycles. The van der Waals surface area contributed by atoms with Gasteiger partial charge < -0.3 is 0 Å². The van der Waals surface area contributed by atoms with Crippen LogP contribution in [0.2, 0.25) is 0 Å². The van der Waals surface area contributed by atoms with E-state index < -0.39 is 0 Å². The zero-order valence-electron chi connectivity index (χ0n) is 14.7. The molecule has 1 aliphatic carbocycles. The van der Waals surface area contributed by atoms with Gasteiger partial charge in [0.25, 0.3) is 0 Å². The van der Waals surface area contributed by atoms with E-state index in [0.29, 0.717) is 0 Å². The summed E-state index contributed by atoms with van der Waals surface area (Å²) < 4.78 is 0. The molecule has 0 aliphatic heterocycles. The predicted octanol–water partition coefficient (Wildman–Crippen LogP) is 6.59. The summed E-state index contributed by atoms with van der Waals surface area (Å²) in [5, 5.41) is 0. The SMILES string of the molecule is C/C=C(\C(=C(/C)c1ccc(C)cc1)C1CC1)c1ccccc1C. The van der Waals surface area contributed by atoms with E-state index >= 15 is 0 Å². The van der Waals surface area contributed by atoms with E-state index in [4.69, 9.17) is 0 Å². The molecule has 0 spiro atoms. The average Bonchev–Trinajstić information content (AvgIpc) is 3.38. The average molecular weight is 302 g/mol. The van der Waals surface area contributed by atoms with Crippen molar-refractivity contribution in [1.82, 2.24) is 0 Å². The van der Waals surface area contributed by atoms with Crippen LogP contribution < -0.4 is 0 Å². The van der Waals surface area contributed by atoms with Crippen LogP contribution >= 0.6 is 0 Å². The number of aryl methyl sites for hydroxylation is 2. The standard InChI is InChI=1S/C23H26/c1-5-21(22-9-7-6-8-17(22)3)23(20-14-15-20)18(4)19-12-10-16(2)11-13-19/h5-13,20H,14-15H2,1-4H3/b21-5-,23-18+. The Hall–Kier alpha value is -2.08. The molecule has 23 heavy (non-hydrogen) atoms. The first kappa shape index (κ1) is 15.8. The van der Waals surface area contributed by atoms with E-state index in [1.54, 1.807) is 5.57 Å². The molecule has 0 radical (unpaired) electrons. The Kier molecular flexibility index (Phi) is 4.52. The van der Waals surface area contributed by atoms with Crippen LogP contribution in [0.15, 0.2) is 60.2 Å². The van der Waals surface area contributed by atoms with Gasteiger partial charge in [-0.3, -0.25) is 0 Å². The Labute approximate surface area is 140 Å². The van der Waals surface area contributed by atoms with Crippen LogP contribution in [0.1, 0.15) is 48.9 Å². The maximum Gasteiger partial charge on any atom is -0.0153 e. The number of benzene rings is 2. The van der Waals surface area contributed by atoms with Crippen LogP contribution in [0.3, 0.4) is 0 Å². The van der Waals surface area contributed by atoms with Gasteiger partial charge in [0.15, 0.2) is 0 Å². The van der Waals surface area contributed by atoms with Crippen molar-refractivity contribution in [1.29, 1.82) is 0 Å². The van der Waals surface area contributed by atoms with Gasteiger partial charge >= 0.3 is 0 Å². The van der Waals surface area contributed by atoms with Gasteiger partial charge in [0.2, 0.25) is 0 Å². The first-order valence-corrected chi connectivity index (χ1v) is 8.62. The molecule has 0 bridgehead atoms. The summed E-state index contributed by atoms with van der Waals surface area (Å²) in [7, 11) is 0. The van der Waals surface area contributed by atoms with Crippen molar-refractivity contribution in [2.75, 3.05) is 0 Å². The van der Waals surface area contributed by atoms with E-state index in [2.05, 4.69) is 82.3 Å². The summed E-state index contributed by atoms with van der Waals surface area (Å²) in [5.74, 6) is 0.724. The Morgan fingerprint density at radius 2 is 1.61 bits per heavy atom. The molecule has 1 saturated carbocycles. The van der Waals surface area contributed by atoms with Gasteiger partial charge in [-0.15, -0.1) is 0 Å². The van der Waals surface area contributed by atoms with Gasteiger partial charge in [-0.1, -0.05) is 60.2 Å². The van der Waals surface area contributed by atoms with Crippen molar-refractivity contribution < 1.29 is 0 Å². The van der Waals surface area contributed by atoms with Crippen LogP contribution in [-0.4, -0.2) is 0 Å². The minimum Gasteiger partial charge on any atom is -0.0795 e. The highest BCUT2D eigenvalue weighted by Crippen LogP contribution is 2.47. The van der Waals surface area contributed by atoms with E-state index in [-0.39, 0.29) is 0 Å². The van der Waals surface area contributed by atoms with Gasteiger partial charge in [0.05, 0.1) is 0 Å². The maximum absolute atomic E-state index is 2.30. The van der Waals surface area contributed by atoms with Crippen molar-refractivity contribution >= 4 is 11.1 Å². The third-order valence-electron chi connectivity index (χ3n) is 4.89. The van der Waals surface area contributed by atoms with E-state index in [0.717, 1.165) is 5.92 Å². The summed E-state index contributed by atoms with van der Waals surface area (Å²) in [4.78, 5) is 0. The lowest BCUT2D eigenvalue weighted by molar-refractivity contribution is 1.06. The fourth-order valence-corrected chi connectivity index (χ4v) is 3.39. The quantitative estimate of drug-likeness (QED) is 0.559. The van der Waals surface area contributed by atoms with Crippen LogP contribution in [0.5, 0.6) is 0 Å². The van der Waals surface area contributed by atoms with Crippen LogP contribution in [0.4, 0.5) is 0 Å². The highest BCUT2D eigenvalue weighted by molar-refractivity contribution is 5.90. The predicted molar refractivity (Wildman–Crippen MR) is 101 cm³/mol. The summed E-state index contributed by atoms with van der Waals surface area (Å²) >= 11 is 0. The topological polar surface area (TPSA) is 0 Å². The zero-order valence-corrected chi connectivity index (χ0v) is 14.7. The molecule has 0 heteroatoms. The molecule has 2 aromatic rings. The van der Waals surface area contributed by atoms with Gasteiger partial charge in [0, 0.05) is 0 Å². The fourth-order valence-electron chi connectivity index (χ4n) is 3.39. The fraction of sp³-hybridized carbons (Fsp3) is 0.304. The molecule has 0 atom stereocenters. The summed E-state index contributed by atoms with van der Waals surface area (Å²) in [6, 6.07) is 17.7. The normalized spacial score (nSPS) is 16.3. The molecule has 0 nitrogen and oxygen atoms in total. The summed E-state index contributed by atoms with van der Waals surface area (Å²) in [6.45, 7) is 8.83. The van der Waals surface area contributed by atoms with Crippen molar-refractivity contribution in [2.45, 2.75) is 40.5 Å². The Balaban J connectivity index is 2.12. The molecule has 0 saturated heterocycles. The van der Waals surface area contributed by atoms with Crippen molar-refractivity contribution in [2.24, 2.45) is 5.92 Å². The van der Waals surface area contributed by atoms with Crippen LogP contribution in [0, 0.1) is 19.8 Å². The molecule has 0 unspecified atom stereocenters. The molecular weight excluding hydrogens is 276 g/mol. The molecule has 3 rings (SSSR count). The Morgan fingerprint density at radius 1 is 0.957 bits per heavy atom. The number of hydrogen-bond donors (Lipinski definition) is 0. The second-order valence-corrected chi connectivity index (χ2v) is 6.70. The zero-order chi connectivity index (χ0) is 16.4. The van der Waals surface area contributed by atoms with Crippen molar-refractivity contribution in [3.05, 3.63) is 82.4 Å². The van der Waals surface area contributed by atoms with E-state index in [1.807, 2.05) is 0 Å². The van der Waals surface area contributed by atoms with Crippen molar-refractivity contribution in [3.8, 4) is 0 Å². The second-order valence-electron chi connectivity index (χ2n) is 6.70. The largest absolute Gasteiger partial charge is 0.0795 e. The lowest BCUT2D eigenvalue weighted by Gasteiger charge is -2.18. The molecule has 0 amide bonds. The molecular formula is C23H26. The highest BCUT2D eigenvalue weighted by atomic mass is 14.3. The van der Waals surface area contributed by atoms with Crippen LogP contribution in [-0.2, 0) is 0 Å². The minimum atomic E-state index is 0.724. The molecule has 1 aliphatic rings. The molecule has 118 valence electrons. The monoisotopic (exact) mass is 302 g/mol. The summed E-state index contributed by atoms with van der Waals surface area (Å²) in [5.41, 5.74) is 9.81. The minimum absolute atomic E-state index is 0.724. The Morgan fingerprint density at radius 3 is 2.17 bits per heavy atom. The first-order chi connectivity index (χ1) is 11.1. The third-order valence-corrected chi connectivity index (χ3v) is 4.89. The van der Waals surface area contributed by atoms with Crippen LogP contribution in [0.25, 0.3) is 11.1 Å². The van der Waals surface area contributed by atoms with Crippen molar-refractivity contribution in [3.63, 3.8) is 0 Å². The van der Waals surface area contributed by atoms with E-state index in [9.17, 15) is 0 Å². The molecule has 1 fully saturated rings. The lowest BCUT2D eigenvalue weighted by Crippen LogP contribution is -1.98. The van der Waals surface area contributed by atoms with Gasteiger partial charge in [-0.2, -0.15) is 0 Å². The maximum atomic E-state index is 2.30. The van der Waals surface area contributed by atoms with Gasteiger partial charge in [-0.05, 0) is 79.9 Å². The molecule has 2 aromatic carbocycles. The molecule has 0 heterocycles. The third kappa shape index (κ3) is 3.32. The second kappa shape index (κ2) is 6.58.